The second-order valence-electron chi connectivity index (χ2n) is 14.0. The number of amides is 1. The lowest BCUT2D eigenvalue weighted by Gasteiger charge is -2.50. The number of carbonyl (C=O) groups excluding carboxylic acids is 1. The number of allylic oxidation sites excluding steroid dienone is 1. The molecule has 1 saturated carbocycles. The second kappa shape index (κ2) is 13.1. The Morgan fingerprint density at radius 2 is 2.00 bits per heavy atom. The maximum absolute atomic E-state index is 13.5. The van der Waals surface area contributed by atoms with E-state index in [0.717, 1.165) is 49.4 Å². The SMILES string of the molecule is CO[C@@]1(CCCO)/C=C\C[C@H](C)[C@@H](C)S(=O)(=O)NC(=O)c2ccc3c(c2)N(C[C@@H]2CC[C@H]21)C[C@@]1(CCCc2cc(Cl)ccc21)CO3. The third-order valence-corrected chi connectivity index (χ3v) is 13.5. The average Bonchev–Trinajstić information content (AvgIpc) is 3.17. The molecule has 8 nitrogen and oxygen atoms in total. The molecule has 2 N–H and O–H groups in total. The fraction of sp³-hybridized carbons (Fsp3) is 0.583. The minimum atomic E-state index is -3.95. The number of ether oxygens (including phenoxy) is 2. The first-order valence-electron chi connectivity index (χ1n) is 16.7. The van der Waals surface area contributed by atoms with E-state index in [1.807, 2.05) is 25.1 Å². The second-order valence-corrected chi connectivity index (χ2v) is 16.5. The third-order valence-electron chi connectivity index (χ3n) is 11.3. The number of carbonyl (C=O) groups is 1. The van der Waals surface area contributed by atoms with Crippen LogP contribution in [0.5, 0.6) is 5.75 Å². The number of halogens is 1. The van der Waals surface area contributed by atoms with E-state index >= 15 is 0 Å². The highest BCUT2D eigenvalue weighted by Crippen LogP contribution is 2.50. The molecule has 0 unspecified atom stereocenters. The van der Waals surface area contributed by atoms with Crippen LogP contribution in [0, 0.1) is 17.8 Å². The van der Waals surface area contributed by atoms with Gasteiger partial charge in [-0.2, -0.15) is 0 Å². The Morgan fingerprint density at radius 1 is 1.17 bits per heavy atom. The normalized spacial score (nSPS) is 33.1. The molecule has 0 radical (unpaired) electrons. The summed E-state index contributed by atoms with van der Waals surface area (Å²) >= 11 is 6.44. The first-order chi connectivity index (χ1) is 22.0. The van der Waals surface area contributed by atoms with Crippen molar-refractivity contribution in [1.29, 1.82) is 0 Å². The van der Waals surface area contributed by atoms with Crippen molar-refractivity contribution in [2.24, 2.45) is 17.8 Å². The van der Waals surface area contributed by atoms with Crippen LogP contribution in [0.25, 0.3) is 0 Å². The molecular weight excluding hydrogens is 624 g/mol. The molecule has 0 aromatic heterocycles. The molecule has 46 heavy (non-hydrogen) atoms. The summed E-state index contributed by atoms with van der Waals surface area (Å²) in [4.78, 5) is 15.9. The summed E-state index contributed by atoms with van der Waals surface area (Å²) in [5.74, 6) is 0.345. The number of nitrogens with zero attached hydrogens (tertiary/aromatic N) is 1. The molecule has 1 amide bonds. The van der Waals surface area contributed by atoms with Gasteiger partial charge in [0.05, 0.1) is 23.1 Å². The standard InChI is InChI=1S/C36H47ClN2O6S/c1-24-7-4-16-36(44-3,17-6-18-40)31-12-9-28(31)21-39-22-35(15-5-8-26-19-29(37)11-13-30(26)35)23-45-33-14-10-27(20-32(33)39)34(41)38-46(42,43)25(24)2/h4,10-11,13-14,16,19-20,24-25,28,31,40H,5-9,12,15,17-18,21-23H2,1-3H3,(H,38,41)/b16-4-/t24-,25+,28-,31+,35-,36+/m0/s1. The van der Waals surface area contributed by atoms with Gasteiger partial charge >= 0.3 is 0 Å². The lowest BCUT2D eigenvalue weighted by Crippen LogP contribution is -2.53. The Balaban J connectivity index is 1.46. The molecule has 10 heteroatoms. The zero-order chi connectivity index (χ0) is 32.7. The number of sulfonamides is 1. The Kier molecular flexibility index (Phi) is 9.51. The number of hydrogen-bond donors (Lipinski definition) is 2. The number of fused-ring (bicyclic) bond motifs is 4. The van der Waals surface area contributed by atoms with Crippen LogP contribution in [-0.4, -0.2) is 63.7 Å². The van der Waals surface area contributed by atoms with Crippen LogP contribution >= 0.6 is 11.6 Å². The van der Waals surface area contributed by atoms with Gasteiger partial charge in [-0.25, -0.2) is 13.1 Å². The Hall–Kier alpha value is -2.59. The van der Waals surface area contributed by atoms with Gasteiger partial charge in [-0.05, 0) is 118 Å². The molecule has 2 heterocycles. The summed E-state index contributed by atoms with van der Waals surface area (Å²) in [5.41, 5.74) is 2.76. The number of nitrogens with one attached hydrogen (secondary N) is 1. The number of hydrogen-bond acceptors (Lipinski definition) is 7. The Bertz CT molecular complexity index is 1600. The molecule has 2 aliphatic heterocycles. The van der Waals surface area contributed by atoms with E-state index in [1.54, 1.807) is 26.2 Å². The first kappa shape index (κ1) is 33.3. The highest BCUT2D eigenvalue weighted by molar-refractivity contribution is 7.90. The molecular formula is C36H47ClN2O6S. The summed E-state index contributed by atoms with van der Waals surface area (Å²) in [7, 11) is -2.20. The van der Waals surface area contributed by atoms with Gasteiger partial charge in [-0.15, -0.1) is 0 Å². The average molecular weight is 671 g/mol. The van der Waals surface area contributed by atoms with E-state index in [1.165, 1.54) is 11.1 Å². The number of aliphatic hydroxyl groups excluding tert-OH is 1. The Morgan fingerprint density at radius 3 is 2.74 bits per heavy atom. The first-order valence-corrected chi connectivity index (χ1v) is 18.6. The fourth-order valence-electron chi connectivity index (χ4n) is 8.30. The highest BCUT2D eigenvalue weighted by Gasteiger charge is 2.49. The number of benzene rings is 2. The molecule has 250 valence electrons. The fourth-order valence-corrected chi connectivity index (χ4v) is 9.78. The molecule has 2 aromatic rings. The molecule has 2 aromatic carbocycles. The third kappa shape index (κ3) is 6.20. The zero-order valence-electron chi connectivity index (χ0n) is 27.1. The number of aryl methyl sites for hydroxylation is 1. The van der Waals surface area contributed by atoms with Gasteiger partial charge in [-0.1, -0.05) is 36.7 Å². The monoisotopic (exact) mass is 670 g/mol. The topological polar surface area (TPSA) is 105 Å². The van der Waals surface area contributed by atoms with Gasteiger partial charge in [0.2, 0.25) is 10.0 Å². The van der Waals surface area contributed by atoms with Crippen molar-refractivity contribution in [2.45, 2.75) is 81.5 Å². The van der Waals surface area contributed by atoms with Gasteiger partial charge in [0.1, 0.15) is 5.75 Å². The van der Waals surface area contributed by atoms with E-state index < -0.39 is 26.8 Å². The molecule has 6 rings (SSSR count). The summed E-state index contributed by atoms with van der Waals surface area (Å²) < 4.78 is 42.1. The summed E-state index contributed by atoms with van der Waals surface area (Å²) in [6.07, 6.45) is 11.0. The molecule has 2 bridgehead atoms. The number of anilines is 1. The van der Waals surface area contributed by atoms with Gasteiger partial charge in [0.25, 0.3) is 5.91 Å². The van der Waals surface area contributed by atoms with Crippen molar-refractivity contribution in [3.05, 3.63) is 70.3 Å². The predicted molar refractivity (Wildman–Crippen MR) is 181 cm³/mol. The van der Waals surface area contributed by atoms with E-state index in [-0.39, 0.29) is 29.4 Å². The van der Waals surface area contributed by atoms with Crippen molar-refractivity contribution >= 4 is 33.2 Å². The summed E-state index contributed by atoms with van der Waals surface area (Å²) in [6, 6.07) is 11.5. The molecule has 1 spiro atoms. The van der Waals surface area contributed by atoms with Crippen LogP contribution in [0.1, 0.15) is 80.3 Å². The minimum absolute atomic E-state index is 0.0767. The van der Waals surface area contributed by atoms with Crippen molar-refractivity contribution in [2.75, 3.05) is 38.3 Å². The predicted octanol–water partition coefficient (Wildman–Crippen LogP) is 6.04. The van der Waals surface area contributed by atoms with Gasteiger partial charge in [-0.3, -0.25) is 4.79 Å². The summed E-state index contributed by atoms with van der Waals surface area (Å²) in [6.45, 7) is 5.54. The quantitative estimate of drug-likeness (QED) is 0.382. The van der Waals surface area contributed by atoms with Crippen LogP contribution in [0.3, 0.4) is 0 Å². The van der Waals surface area contributed by atoms with Crippen molar-refractivity contribution in [3.8, 4) is 5.75 Å². The minimum Gasteiger partial charge on any atom is -0.490 e. The van der Waals surface area contributed by atoms with Crippen LogP contribution in [-0.2, 0) is 26.6 Å². The van der Waals surface area contributed by atoms with Gasteiger partial charge < -0.3 is 19.5 Å². The van der Waals surface area contributed by atoms with E-state index in [2.05, 4.69) is 27.8 Å². The molecule has 4 aliphatic rings. The summed E-state index contributed by atoms with van der Waals surface area (Å²) in [5, 5.41) is 9.76. The number of rotatable bonds is 4. The smallest absolute Gasteiger partial charge is 0.264 e. The lowest BCUT2D eigenvalue weighted by atomic mass is 9.62. The molecule has 6 atom stereocenters. The van der Waals surface area contributed by atoms with Crippen LogP contribution in [0.15, 0.2) is 48.6 Å². The molecule has 1 fully saturated rings. The largest absolute Gasteiger partial charge is 0.490 e. The van der Waals surface area contributed by atoms with Crippen LogP contribution < -0.4 is 14.4 Å². The van der Waals surface area contributed by atoms with E-state index in [4.69, 9.17) is 21.1 Å². The Labute approximate surface area is 278 Å². The maximum Gasteiger partial charge on any atom is 0.264 e. The highest BCUT2D eigenvalue weighted by atomic mass is 35.5. The number of aliphatic hydroxyl groups is 1. The molecule has 2 aliphatic carbocycles. The van der Waals surface area contributed by atoms with Crippen molar-refractivity contribution in [3.63, 3.8) is 0 Å². The zero-order valence-corrected chi connectivity index (χ0v) is 28.7. The van der Waals surface area contributed by atoms with Gasteiger partial charge in [0, 0.05) is 42.8 Å². The van der Waals surface area contributed by atoms with Crippen molar-refractivity contribution < 1.29 is 27.8 Å². The van der Waals surface area contributed by atoms with Crippen LogP contribution in [0.2, 0.25) is 5.02 Å². The van der Waals surface area contributed by atoms with E-state index in [9.17, 15) is 18.3 Å². The van der Waals surface area contributed by atoms with Crippen LogP contribution in [0.4, 0.5) is 5.69 Å². The van der Waals surface area contributed by atoms with E-state index in [0.29, 0.717) is 44.1 Å². The van der Waals surface area contributed by atoms with Gasteiger partial charge in [0.15, 0.2) is 0 Å². The lowest BCUT2D eigenvalue weighted by molar-refractivity contribution is -0.0824. The maximum atomic E-state index is 13.5. The molecule has 0 saturated heterocycles. The van der Waals surface area contributed by atoms with Crippen molar-refractivity contribution in [1.82, 2.24) is 4.72 Å². The number of methoxy groups -OCH3 is 1.